The van der Waals surface area contributed by atoms with Gasteiger partial charge >= 0.3 is 0 Å². The Labute approximate surface area is 169 Å². The van der Waals surface area contributed by atoms with Crippen molar-refractivity contribution >= 4 is 50.7 Å². The highest BCUT2D eigenvalue weighted by molar-refractivity contribution is 9.10. The number of halogens is 2. The van der Waals surface area contributed by atoms with Crippen LogP contribution in [0.25, 0.3) is 0 Å². The SMILES string of the molecule is O=C(Nc1ccc(N2Cc3ccccc3C2=O)cc1Cl)c1ccccc1Br. The molecule has 0 saturated heterocycles. The maximum atomic E-state index is 12.6. The van der Waals surface area contributed by atoms with Crippen LogP contribution in [-0.2, 0) is 6.54 Å². The van der Waals surface area contributed by atoms with Gasteiger partial charge in [0.25, 0.3) is 11.8 Å². The molecule has 4 rings (SSSR count). The molecule has 0 aromatic heterocycles. The molecule has 0 atom stereocenters. The number of amides is 2. The molecular formula is C21H14BrClN2O2. The molecule has 2 amide bonds. The largest absolute Gasteiger partial charge is 0.321 e. The topological polar surface area (TPSA) is 49.4 Å². The Balaban J connectivity index is 1.56. The number of fused-ring (bicyclic) bond motifs is 1. The molecule has 1 aliphatic rings. The van der Waals surface area contributed by atoms with Gasteiger partial charge in [-0.3, -0.25) is 9.59 Å². The number of carbonyl (C=O) groups is 2. The molecule has 1 aliphatic heterocycles. The predicted octanol–water partition coefficient (Wildman–Crippen LogP) is 5.52. The first-order chi connectivity index (χ1) is 13.0. The van der Waals surface area contributed by atoms with Gasteiger partial charge in [0, 0.05) is 15.7 Å². The number of hydrogen-bond acceptors (Lipinski definition) is 2. The molecule has 0 radical (unpaired) electrons. The van der Waals surface area contributed by atoms with E-state index in [1.807, 2.05) is 30.3 Å². The Kier molecular flexibility index (Phi) is 4.72. The summed E-state index contributed by atoms with van der Waals surface area (Å²) >= 11 is 9.74. The van der Waals surface area contributed by atoms with E-state index in [0.29, 0.717) is 38.5 Å². The Morgan fingerprint density at radius 3 is 2.52 bits per heavy atom. The van der Waals surface area contributed by atoms with Crippen molar-refractivity contribution in [1.29, 1.82) is 0 Å². The van der Waals surface area contributed by atoms with Crippen LogP contribution in [0.4, 0.5) is 11.4 Å². The van der Waals surface area contributed by atoms with Crippen molar-refractivity contribution in [2.24, 2.45) is 0 Å². The minimum Gasteiger partial charge on any atom is -0.321 e. The van der Waals surface area contributed by atoms with Crippen LogP contribution in [0.5, 0.6) is 0 Å². The first kappa shape index (κ1) is 17.8. The van der Waals surface area contributed by atoms with Crippen molar-refractivity contribution in [3.63, 3.8) is 0 Å². The fourth-order valence-electron chi connectivity index (χ4n) is 3.07. The molecule has 4 nitrogen and oxygen atoms in total. The van der Waals surface area contributed by atoms with Crippen molar-refractivity contribution in [2.75, 3.05) is 10.2 Å². The third-order valence-corrected chi connectivity index (χ3v) is 5.46. The molecule has 134 valence electrons. The highest BCUT2D eigenvalue weighted by Crippen LogP contribution is 2.33. The molecule has 0 aliphatic carbocycles. The second-order valence-electron chi connectivity index (χ2n) is 6.15. The van der Waals surface area contributed by atoms with Crippen molar-refractivity contribution in [3.8, 4) is 0 Å². The number of hydrogen-bond donors (Lipinski definition) is 1. The summed E-state index contributed by atoms with van der Waals surface area (Å²) in [6.45, 7) is 0.508. The number of anilines is 2. The summed E-state index contributed by atoms with van der Waals surface area (Å²) in [6.07, 6.45) is 0. The molecule has 3 aromatic carbocycles. The van der Waals surface area contributed by atoms with E-state index in [9.17, 15) is 9.59 Å². The van der Waals surface area contributed by atoms with Gasteiger partial charge in [-0.15, -0.1) is 0 Å². The molecule has 0 spiro atoms. The Bertz CT molecular complexity index is 1070. The van der Waals surface area contributed by atoms with Gasteiger partial charge in [0.1, 0.15) is 0 Å². The number of nitrogens with zero attached hydrogens (tertiary/aromatic N) is 1. The monoisotopic (exact) mass is 440 g/mol. The van der Waals surface area contributed by atoms with Gasteiger partial charge in [-0.05, 0) is 57.9 Å². The van der Waals surface area contributed by atoms with Crippen LogP contribution in [0.3, 0.4) is 0 Å². The lowest BCUT2D eigenvalue weighted by molar-refractivity contribution is 0.0994. The minimum atomic E-state index is -0.262. The highest BCUT2D eigenvalue weighted by Gasteiger charge is 2.28. The Hall–Kier alpha value is -2.63. The third-order valence-electron chi connectivity index (χ3n) is 4.45. The lowest BCUT2D eigenvalue weighted by Gasteiger charge is -2.17. The van der Waals surface area contributed by atoms with E-state index < -0.39 is 0 Å². The smallest absolute Gasteiger partial charge is 0.258 e. The van der Waals surface area contributed by atoms with Crippen LogP contribution >= 0.6 is 27.5 Å². The van der Waals surface area contributed by atoms with Crippen molar-refractivity contribution in [2.45, 2.75) is 6.54 Å². The van der Waals surface area contributed by atoms with Gasteiger partial charge in [0.2, 0.25) is 0 Å². The third kappa shape index (κ3) is 3.36. The zero-order chi connectivity index (χ0) is 19.0. The van der Waals surface area contributed by atoms with Crippen LogP contribution in [-0.4, -0.2) is 11.8 Å². The first-order valence-corrected chi connectivity index (χ1v) is 9.47. The van der Waals surface area contributed by atoms with E-state index in [1.54, 1.807) is 41.3 Å². The quantitative estimate of drug-likeness (QED) is 0.582. The molecule has 1 N–H and O–H groups in total. The lowest BCUT2D eigenvalue weighted by Crippen LogP contribution is -2.23. The summed E-state index contributed by atoms with van der Waals surface area (Å²) in [5.74, 6) is -0.312. The van der Waals surface area contributed by atoms with Crippen molar-refractivity contribution in [1.82, 2.24) is 0 Å². The van der Waals surface area contributed by atoms with Gasteiger partial charge in [0.15, 0.2) is 0 Å². The summed E-state index contributed by atoms with van der Waals surface area (Å²) in [4.78, 5) is 26.7. The Morgan fingerprint density at radius 1 is 1.04 bits per heavy atom. The van der Waals surface area contributed by atoms with E-state index >= 15 is 0 Å². The van der Waals surface area contributed by atoms with E-state index in [2.05, 4.69) is 21.2 Å². The van der Waals surface area contributed by atoms with Crippen LogP contribution in [0.15, 0.2) is 71.2 Å². The highest BCUT2D eigenvalue weighted by atomic mass is 79.9. The molecule has 0 unspecified atom stereocenters. The van der Waals surface area contributed by atoms with Gasteiger partial charge in [0.05, 0.1) is 22.8 Å². The van der Waals surface area contributed by atoms with Gasteiger partial charge in [-0.25, -0.2) is 0 Å². The maximum absolute atomic E-state index is 12.6. The Morgan fingerprint density at radius 2 is 1.78 bits per heavy atom. The van der Waals surface area contributed by atoms with Crippen LogP contribution in [0.2, 0.25) is 5.02 Å². The van der Waals surface area contributed by atoms with E-state index in [1.165, 1.54) is 0 Å². The molecular weight excluding hydrogens is 428 g/mol. The molecule has 0 fully saturated rings. The van der Waals surface area contributed by atoms with Gasteiger partial charge in [-0.1, -0.05) is 41.9 Å². The molecule has 0 saturated carbocycles. The predicted molar refractivity (Wildman–Crippen MR) is 111 cm³/mol. The van der Waals surface area contributed by atoms with Crippen LogP contribution in [0, 0.1) is 0 Å². The molecule has 1 heterocycles. The van der Waals surface area contributed by atoms with Crippen LogP contribution < -0.4 is 10.2 Å². The minimum absolute atomic E-state index is 0.0494. The molecule has 3 aromatic rings. The van der Waals surface area contributed by atoms with Gasteiger partial charge in [-0.2, -0.15) is 0 Å². The fourth-order valence-corrected chi connectivity index (χ4v) is 3.76. The number of rotatable bonds is 3. The van der Waals surface area contributed by atoms with Crippen molar-refractivity contribution < 1.29 is 9.59 Å². The average Bonchev–Trinajstić information content (AvgIpc) is 3.01. The summed E-state index contributed by atoms with van der Waals surface area (Å²) in [6, 6.07) is 19.9. The zero-order valence-electron chi connectivity index (χ0n) is 14.1. The average molecular weight is 442 g/mol. The van der Waals surface area contributed by atoms with Crippen LogP contribution in [0.1, 0.15) is 26.3 Å². The lowest BCUT2D eigenvalue weighted by atomic mass is 10.1. The van der Waals surface area contributed by atoms with Crippen molar-refractivity contribution in [3.05, 3.63) is 92.9 Å². The van der Waals surface area contributed by atoms with E-state index in [0.717, 1.165) is 5.56 Å². The fraction of sp³-hybridized carbons (Fsp3) is 0.0476. The normalized spacial score (nSPS) is 12.8. The summed E-state index contributed by atoms with van der Waals surface area (Å²) in [5, 5.41) is 3.18. The van der Waals surface area contributed by atoms with E-state index in [4.69, 9.17) is 11.6 Å². The summed E-state index contributed by atoms with van der Waals surface area (Å²) < 4.78 is 0.704. The maximum Gasteiger partial charge on any atom is 0.258 e. The van der Waals surface area contributed by atoms with Gasteiger partial charge < -0.3 is 10.2 Å². The number of nitrogens with one attached hydrogen (secondary N) is 1. The molecule has 0 bridgehead atoms. The second kappa shape index (κ2) is 7.18. The second-order valence-corrected chi connectivity index (χ2v) is 7.41. The zero-order valence-corrected chi connectivity index (χ0v) is 16.4. The standard InChI is InChI=1S/C21H14BrClN2O2/c22-17-8-4-3-7-16(17)20(26)24-19-10-9-14(11-18(19)23)25-12-13-5-1-2-6-15(13)21(25)27/h1-11H,12H2,(H,24,26). The first-order valence-electron chi connectivity index (χ1n) is 8.30. The molecule has 27 heavy (non-hydrogen) atoms. The molecule has 6 heteroatoms. The van der Waals surface area contributed by atoms with E-state index in [-0.39, 0.29) is 11.8 Å². The summed E-state index contributed by atoms with van der Waals surface area (Å²) in [5.41, 5.74) is 3.40. The number of benzene rings is 3. The number of carbonyl (C=O) groups excluding carboxylic acids is 2. The summed E-state index contributed by atoms with van der Waals surface area (Å²) in [7, 11) is 0.